The molecule has 0 unspecified atom stereocenters. The second kappa shape index (κ2) is 6.38. The Morgan fingerprint density at radius 2 is 1.20 bits per heavy atom. The molecule has 0 radical (unpaired) electrons. The highest BCUT2D eigenvalue weighted by molar-refractivity contribution is 7.67. The molecule has 0 aliphatic carbocycles. The van der Waals surface area contributed by atoms with Gasteiger partial charge in [0, 0.05) is 0 Å². The van der Waals surface area contributed by atoms with Crippen LogP contribution in [-0.2, 0) is 0 Å². The monoisotopic (exact) mass is 312 g/mol. The van der Waals surface area contributed by atoms with Gasteiger partial charge in [-0.15, -0.1) is 0 Å². The van der Waals surface area contributed by atoms with Crippen molar-refractivity contribution in [1.29, 1.82) is 0 Å². The molecule has 0 nitrogen and oxygen atoms in total. The summed E-state index contributed by atoms with van der Waals surface area (Å²) in [7, 11) is 0.233. The Hall–Kier alpha value is 0.600. The van der Waals surface area contributed by atoms with Crippen molar-refractivity contribution in [1.82, 2.24) is 0 Å². The molecule has 2 saturated heterocycles. The summed E-state index contributed by atoms with van der Waals surface area (Å²) in [5, 5.41) is 1.87. The molecule has 2 heterocycles. The van der Waals surface area contributed by atoms with Gasteiger partial charge in [0.1, 0.15) is 0 Å². The molecular weight excluding hydrogens is 278 g/mol. The van der Waals surface area contributed by atoms with Crippen LogP contribution < -0.4 is 0 Å². The third-order valence-electron chi connectivity index (χ3n) is 5.29. The van der Waals surface area contributed by atoms with Gasteiger partial charge in [-0.2, -0.15) is 0 Å². The molecular formula is C18H34P2. The van der Waals surface area contributed by atoms with Crippen LogP contribution in [0.3, 0.4) is 0 Å². The fraction of sp³-hybridized carbons (Fsp3) is 0.889. The molecule has 0 saturated carbocycles. The van der Waals surface area contributed by atoms with E-state index in [4.69, 9.17) is 0 Å². The predicted octanol–water partition coefficient (Wildman–Crippen LogP) is 6.98. The summed E-state index contributed by atoms with van der Waals surface area (Å²) in [4.78, 5) is 0. The van der Waals surface area contributed by atoms with Gasteiger partial charge < -0.3 is 0 Å². The first-order valence-electron chi connectivity index (χ1n) is 8.50. The van der Waals surface area contributed by atoms with E-state index in [1.165, 1.54) is 25.7 Å². The van der Waals surface area contributed by atoms with E-state index in [2.05, 4.69) is 54.3 Å². The van der Waals surface area contributed by atoms with Gasteiger partial charge in [0.25, 0.3) is 0 Å². The Labute approximate surface area is 129 Å². The van der Waals surface area contributed by atoms with Crippen molar-refractivity contribution >= 4 is 15.8 Å². The van der Waals surface area contributed by atoms with Crippen LogP contribution in [0.25, 0.3) is 0 Å². The van der Waals surface area contributed by atoms with Crippen LogP contribution in [0, 0.1) is 5.41 Å². The smallest absolute Gasteiger partial charge is 0.0127 e. The first-order chi connectivity index (χ1) is 9.21. The molecule has 0 aromatic rings. The number of allylic oxidation sites excluding steroid dienone is 1. The lowest BCUT2D eigenvalue weighted by atomic mass is 9.97. The highest BCUT2D eigenvalue weighted by atomic mass is 31.1. The van der Waals surface area contributed by atoms with Crippen LogP contribution in [0.5, 0.6) is 0 Å². The minimum Gasteiger partial charge on any atom is -0.0771 e. The molecule has 0 amide bonds. The highest BCUT2D eigenvalue weighted by Gasteiger charge is 2.38. The van der Waals surface area contributed by atoms with Crippen LogP contribution in [0.1, 0.15) is 74.1 Å². The zero-order chi connectivity index (χ0) is 15.1. The SMILES string of the molecule is C[C@@H]1CC[C@@H](C)P1C=C(P1[C@H](C)CC[C@H]1C)C(C)(C)C. The van der Waals surface area contributed by atoms with E-state index < -0.39 is 0 Å². The normalized spacial score (nSPS) is 37.9. The summed E-state index contributed by atoms with van der Waals surface area (Å²) in [6.45, 7) is 17.4. The average molecular weight is 312 g/mol. The lowest BCUT2D eigenvalue weighted by molar-refractivity contribution is 0.530. The number of rotatable bonds is 2. The van der Waals surface area contributed by atoms with E-state index in [0.717, 1.165) is 22.6 Å². The quantitative estimate of drug-likeness (QED) is 0.482. The summed E-state index contributed by atoms with van der Waals surface area (Å²) in [6.07, 6.45) is 5.85. The van der Waals surface area contributed by atoms with Crippen LogP contribution in [0.2, 0.25) is 0 Å². The maximum atomic E-state index is 2.84. The van der Waals surface area contributed by atoms with Gasteiger partial charge in [0.2, 0.25) is 0 Å². The van der Waals surface area contributed by atoms with Crippen molar-refractivity contribution in [3.63, 3.8) is 0 Å². The summed E-state index contributed by atoms with van der Waals surface area (Å²) in [5.41, 5.74) is 4.20. The maximum absolute atomic E-state index is 2.84. The first kappa shape index (κ1) is 17.0. The molecule has 0 bridgehead atoms. The van der Waals surface area contributed by atoms with Crippen LogP contribution >= 0.6 is 15.8 Å². The molecule has 2 aliphatic rings. The Balaban J connectivity index is 2.33. The van der Waals surface area contributed by atoms with E-state index >= 15 is 0 Å². The Morgan fingerprint density at radius 1 is 0.800 bits per heavy atom. The average Bonchev–Trinajstić information content (AvgIpc) is 2.81. The van der Waals surface area contributed by atoms with Gasteiger partial charge in [-0.25, -0.2) is 0 Å². The third-order valence-corrected chi connectivity index (χ3v) is 12.4. The zero-order valence-electron chi connectivity index (χ0n) is 14.6. The van der Waals surface area contributed by atoms with Crippen molar-refractivity contribution in [2.45, 2.75) is 96.8 Å². The van der Waals surface area contributed by atoms with Crippen molar-refractivity contribution in [3.8, 4) is 0 Å². The van der Waals surface area contributed by atoms with Crippen LogP contribution in [0.4, 0.5) is 0 Å². The van der Waals surface area contributed by atoms with E-state index in [9.17, 15) is 0 Å². The fourth-order valence-electron chi connectivity index (χ4n) is 3.93. The maximum Gasteiger partial charge on any atom is -0.0127 e. The van der Waals surface area contributed by atoms with Crippen molar-refractivity contribution in [3.05, 3.63) is 11.1 Å². The van der Waals surface area contributed by atoms with Crippen molar-refractivity contribution in [2.24, 2.45) is 5.41 Å². The molecule has 2 aliphatic heterocycles. The lowest BCUT2D eigenvalue weighted by Gasteiger charge is -2.35. The van der Waals surface area contributed by atoms with E-state index in [0.29, 0.717) is 5.41 Å². The second-order valence-corrected chi connectivity index (χ2v) is 14.1. The second-order valence-electron chi connectivity index (χ2n) is 8.17. The zero-order valence-corrected chi connectivity index (χ0v) is 16.4. The number of hydrogen-bond acceptors (Lipinski definition) is 0. The van der Waals surface area contributed by atoms with Crippen molar-refractivity contribution in [2.75, 3.05) is 0 Å². The standard InChI is InChI=1S/C18H34P2/c1-13-8-9-14(2)19(13)12-17(18(5,6)7)20-15(3)10-11-16(20)4/h12-16H,8-11H2,1-7H3/t13-,14-,15-,16-/m1/s1. The third kappa shape index (κ3) is 3.50. The van der Waals surface area contributed by atoms with Crippen LogP contribution in [0.15, 0.2) is 11.1 Å². The Kier molecular flexibility index (Phi) is 5.41. The predicted molar refractivity (Wildman–Crippen MR) is 97.7 cm³/mol. The topological polar surface area (TPSA) is 0 Å². The summed E-state index contributed by atoms with van der Waals surface area (Å²) < 4.78 is 0. The molecule has 20 heavy (non-hydrogen) atoms. The van der Waals surface area contributed by atoms with E-state index in [1.807, 2.05) is 5.31 Å². The van der Waals surface area contributed by atoms with Crippen LogP contribution in [-0.4, -0.2) is 22.6 Å². The molecule has 2 rings (SSSR count). The van der Waals surface area contributed by atoms with Gasteiger partial charge in [-0.3, -0.25) is 0 Å². The molecule has 0 aromatic heterocycles. The Bertz CT molecular complexity index is 346. The van der Waals surface area contributed by atoms with Gasteiger partial charge in [-0.1, -0.05) is 70.1 Å². The molecule has 2 heteroatoms. The van der Waals surface area contributed by atoms with Crippen molar-refractivity contribution < 1.29 is 0 Å². The molecule has 2 fully saturated rings. The summed E-state index contributed by atoms with van der Waals surface area (Å²) >= 11 is 0. The molecule has 4 atom stereocenters. The summed E-state index contributed by atoms with van der Waals surface area (Å²) in [5.74, 6) is 2.84. The molecule has 116 valence electrons. The van der Waals surface area contributed by atoms with E-state index in [-0.39, 0.29) is 15.8 Å². The largest absolute Gasteiger partial charge is 0.0771 e. The minimum absolute atomic E-state index is 0.104. The van der Waals surface area contributed by atoms with Gasteiger partial charge >= 0.3 is 0 Å². The van der Waals surface area contributed by atoms with Gasteiger partial charge in [-0.05, 0) is 59.0 Å². The highest BCUT2D eigenvalue weighted by Crippen LogP contribution is 2.68. The lowest BCUT2D eigenvalue weighted by Crippen LogP contribution is -2.14. The molecule has 0 spiro atoms. The fourth-order valence-corrected chi connectivity index (χ4v) is 11.3. The molecule has 0 aromatic carbocycles. The van der Waals surface area contributed by atoms with Gasteiger partial charge in [0.15, 0.2) is 0 Å². The Morgan fingerprint density at radius 3 is 1.60 bits per heavy atom. The number of hydrogen-bond donors (Lipinski definition) is 0. The van der Waals surface area contributed by atoms with E-state index in [1.54, 1.807) is 0 Å². The minimum atomic E-state index is 0.104. The first-order valence-corrected chi connectivity index (χ1v) is 11.5. The summed E-state index contributed by atoms with van der Waals surface area (Å²) in [6, 6.07) is 0. The van der Waals surface area contributed by atoms with Gasteiger partial charge in [0.05, 0.1) is 0 Å². The molecule has 0 N–H and O–H groups in total.